The van der Waals surface area contributed by atoms with Crippen LogP contribution >= 0.6 is 0 Å². The van der Waals surface area contributed by atoms with Crippen LogP contribution in [0.5, 0.6) is 5.75 Å². The second-order valence-electron chi connectivity index (χ2n) is 5.95. The molecule has 1 aromatic rings. The minimum atomic E-state index is -0.407. The van der Waals surface area contributed by atoms with Crippen molar-refractivity contribution in [1.82, 2.24) is 0 Å². The van der Waals surface area contributed by atoms with Crippen LogP contribution in [-0.4, -0.2) is 30.9 Å². The molecule has 0 aliphatic rings. The SMILES string of the molecule is CCCC[C@@H](CC)C[NH2+]C[C@@H](O)COc1ccc(C)cc1. The Balaban J connectivity index is 2.15. The predicted molar refractivity (Wildman–Crippen MR) is 87.6 cm³/mol. The van der Waals surface area contributed by atoms with Crippen LogP contribution in [0.2, 0.25) is 0 Å². The molecule has 120 valence electrons. The molecule has 0 amide bonds. The fourth-order valence-corrected chi connectivity index (χ4v) is 2.40. The van der Waals surface area contributed by atoms with E-state index < -0.39 is 6.10 Å². The molecule has 1 rings (SSSR count). The molecule has 0 aromatic heterocycles. The molecule has 0 fully saturated rings. The summed E-state index contributed by atoms with van der Waals surface area (Å²) in [5, 5.41) is 12.2. The number of quaternary nitrogens is 1. The molecule has 3 N–H and O–H groups in total. The molecule has 0 unspecified atom stereocenters. The van der Waals surface area contributed by atoms with Crippen LogP contribution in [0.25, 0.3) is 0 Å². The first-order valence-corrected chi connectivity index (χ1v) is 8.34. The summed E-state index contributed by atoms with van der Waals surface area (Å²) < 4.78 is 5.60. The number of rotatable bonds is 11. The van der Waals surface area contributed by atoms with Gasteiger partial charge in [-0.15, -0.1) is 0 Å². The lowest BCUT2D eigenvalue weighted by Crippen LogP contribution is -2.87. The predicted octanol–water partition coefficient (Wildman–Crippen LogP) is 2.51. The molecule has 0 spiro atoms. The third-order valence-electron chi connectivity index (χ3n) is 3.95. The second-order valence-corrected chi connectivity index (χ2v) is 5.95. The minimum absolute atomic E-state index is 0.366. The van der Waals surface area contributed by atoms with Gasteiger partial charge >= 0.3 is 0 Å². The first-order valence-electron chi connectivity index (χ1n) is 8.34. The number of aryl methyl sites for hydroxylation is 1. The maximum atomic E-state index is 9.97. The van der Waals surface area contributed by atoms with Crippen LogP contribution in [0, 0.1) is 12.8 Å². The Morgan fingerprint density at radius 3 is 2.48 bits per heavy atom. The summed E-state index contributed by atoms with van der Waals surface area (Å²) >= 11 is 0. The van der Waals surface area contributed by atoms with E-state index in [1.165, 1.54) is 31.2 Å². The Morgan fingerprint density at radius 2 is 1.86 bits per heavy atom. The van der Waals surface area contributed by atoms with Crippen molar-refractivity contribution in [3.63, 3.8) is 0 Å². The van der Waals surface area contributed by atoms with Crippen molar-refractivity contribution < 1.29 is 15.2 Å². The Kier molecular flexibility index (Phi) is 9.11. The van der Waals surface area contributed by atoms with Crippen molar-refractivity contribution in [1.29, 1.82) is 0 Å². The number of hydrogen-bond donors (Lipinski definition) is 2. The molecule has 0 radical (unpaired) electrons. The van der Waals surface area contributed by atoms with Crippen LogP contribution in [0.15, 0.2) is 24.3 Å². The third-order valence-corrected chi connectivity index (χ3v) is 3.95. The Labute approximate surface area is 129 Å². The van der Waals surface area contributed by atoms with Gasteiger partial charge in [0.15, 0.2) is 0 Å². The maximum absolute atomic E-state index is 9.97. The van der Waals surface area contributed by atoms with Crippen molar-refractivity contribution >= 4 is 0 Å². The van der Waals surface area contributed by atoms with Gasteiger partial charge in [-0.2, -0.15) is 0 Å². The summed E-state index contributed by atoms with van der Waals surface area (Å²) in [5.41, 5.74) is 1.22. The number of hydrogen-bond acceptors (Lipinski definition) is 2. The number of benzene rings is 1. The molecule has 2 atom stereocenters. The van der Waals surface area contributed by atoms with Gasteiger partial charge in [0.1, 0.15) is 25.0 Å². The van der Waals surface area contributed by atoms with Crippen molar-refractivity contribution in [2.24, 2.45) is 5.92 Å². The van der Waals surface area contributed by atoms with Gasteiger partial charge < -0.3 is 15.2 Å². The zero-order valence-corrected chi connectivity index (χ0v) is 13.8. The normalized spacial score (nSPS) is 13.9. The van der Waals surface area contributed by atoms with Gasteiger partial charge in [-0.05, 0) is 31.9 Å². The Hall–Kier alpha value is -1.06. The van der Waals surface area contributed by atoms with Gasteiger partial charge in [-0.3, -0.25) is 0 Å². The van der Waals surface area contributed by atoms with Crippen LogP contribution in [0.4, 0.5) is 0 Å². The van der Waals surface area contributed by atoms with E-state index in [0.29, 0.717) is 13.2 Å². The molecule has 0 bridgehead atoms. The summed E-state index contributed by atoms with van der Waals surface area (Å²) in [6, 6.07) is 7.94. The maximum Gasteiger partial charge on any atom is 0.137 e. The second kappa shape index (κ2) is 10.6. The Bertz CT molecular complexity index is 364. The van der Waals surface area contributed by atoms with Crippen LogP contribution < -0.4 is 10.1 Å². The minimum Gasteiger partial charge on any atom is -0.491 e. The first kappa shape index (κ1) is 18.0. The van der Waals surface area contributed by atoms with Crippen molar-refractivity contribution in [3.8, 4) is 5.75 Å². The smallest absolute Gasteiger partial charge is 0.137 e. The molecule has 3 nitrogen and oxygen atoms in total. The average Bonchev–Trinajstić information content (AvgIpc) is 2.50. The van der Waals surface area contributed by atoms with Gasteiger partial charge in [0.2, 0.25) is 0 Å². The number of ether oxygens (including phenoxy) is 1. The van der Waals surface area contributed by atoms with Crippen molar-refractivity contribution in [3.05, 3.63) is 29.8 Å². The number of unbranched alkanes of at least 4 members (excludes halogenated alkanes) is 1. The quantitative estimate of drug-likeness (QED) is 0.659. The summed E-state index contributed by atoms with van der Waals surface area (Å²) in [6.07, 6.45) is 4.70. The first-order chi connectivity index (χ1) is 10.2. The van der Waals surface area contributed by atoms with Crippen LogP contribution in [0.1, 0.15) is 45.1 Å². The third kappa shape index (κ3) is 8.08. The highest BCUT2D eigenvalue weighted by Gasteiger charge is 2.11. The van der Waals surface area contributed by atoms with E-state index in [1.54, 1.807) is 0 Å². The lowest BCUT2D eigenvalue weighted by atomic mass is 9.99. The van der Waals surface area contributed by atoms with Crippen molar-refractivity contribution in [2.75, 3.05) is 19.7 Å². The molecular formula is C18H32NO2+. The fraction of sp³-hybridized carbons (Fsp3) is 0.667. The highest BCUT2D eigenvalue weighted by Crippen LogP contribution is 2.11. The zero-order valence-electron chi connectivity index (χ0n) is 13.8. The van der Waals surface area contributed by atoms with Crippen molar-refractivity contribution in [2.45, 2.75) is 52.6 Å². The van der Waals surface area contributed by atoms with E-state index >= 15 is 0 Å². The van der Waals surface area contributed by atoms with E-state index in [0.717, 1.165) is 18.2 Å². The molecule has 0 saturated carbocycles. The molecule has 0 saturated heterocycles. The number of nitrogens with two attached hydrogens (primary N) is 1. The molecule has 0 aliphatic heterocycles. The van der Waals surface area contributed by atoms with Crippen LogP contribution in [-0.2, 0) is 0 Å². The van der Waals surface area contributed by atoms with Gasteiger partial charge in [-0.1, -0.05) is 44.4 Å². The fourth-order valence-electron chi connectivity index (χ4n) is 2.40. The van der Waals surface area contributed by atoms with Gasteiger partial charge in [0.25, 0.3) is 0 Å². The molecule has 3 heteroatoms. The summed E-state index contributed by atoms with van der Waals surface area (Å²) in [4.78, 5) is 0. The molecular weight excluding hydrogens is 262 g/mol. The summed E-state index contributed by atoms with van der Waals surface area (Å²) in [6.45, 7) is 8.74. The largest absolute Gasteiger partial charge is 0.491 e. The Morgan fingerprint density at radius 1 is 1.14 bits per heavy atom. The zero-order chi connectivity index (χ0) is 15.5. The summed E-state index contributed by atoms with van der Waals surface area (Å²) in [5.74, 6) is 1.60. The van der Waals surface area contributed by atoms with Gasteiger partial charge in [0, 0.05) is 5.92 Å². The van der Waals surface area contributed by atoms with Gasteiger partial charge in [0.05, 0.1) is 6.54 Å². The van der Waals surface area contributed by atoms with E-state index in [4.69, 9.17) is 4.74 Å². The van der Waals surface area contributed by atoms with Crippen LogP contribution in [0.3, 0.4) is 0 Å². The lowest BCUT2D eigenvalue weighted by molar-refractivity contribution is -0.666. The number of aliphatic hydroxyl groups excluding tert-OH is 1. The molecule has 21 heavy (non-hydrogen) atoms. The van der Waals surface area contributed by atoms with E-state index in [9.17, 15) is 5.11 Å². The standard InChI is InChI=1S/C18H31NO2/c1-4-6-7-16(5-2)12-19-13-17(20)14-21-18-10-8-15(3)9-11-18/h8-11,16-17,19-20H,4-7,12-14H2,1-3H3/p+1/t16-,17-/m1/s1. The average molecular weight is 294 g/mol. The monoisotopic (exact) mass is 294 g/mol. The van der Waals surface area contributed by atoms with Gasteiger partial charge in [-0.25, -0.2) is 0 Å². The number of aliphatic hydroxyl groups is 1. The topological polar surface area (TPSA) is 46.1 Å². The molecule has 0 aliphatic carbocycles. The molecule has 1 aromatic carbocycles. The highest BCUT2D eigenvalue weighted by atomic mass is 16.5. The summed E-state index contributed by atoms with van der Waals surface area (Å²) in [7, 11) is 0. The highest BCUT2D eigenvalue weighted by molar-refractivity contribution is 5.26. The molecule has 0 heterocycles. The van der Waals surface area contributed by atoms with E-state index in [-0.39, 0.29) is 0 Å². The van der Waals surface area contributed by atoms with E-state index in [2.05, 4.69) is 26.1 Å². The lowest BCUT2D eigenvalue weighted by Gasteiger charge is -2.15. The van der Waals surface area contributed by atoms with E-state index in [1.807, 2.05) is 24.3 Å².